The molecule has 0 aliphatic heterocycles. The molecule has 0 heterocycles. The number of carbonyl (C=O) groups is 1. The van der Waals surface area contributed by atoms with Gasteiger partial charge in [-0.15, -0.1) is 0 Å². The number of aliphatic hydroxyl groups excluding tert-OH is 2. The van der Waals surface area contributed by atoms with Crippen LogP contribution in [0.15, 0.2) is 0 Å². The van der Waals surface area contributed by atoms with Crippen LogP contribution in [0, 0.1) is 5.41 Å². The lowest BCUT2D eigenvalue weighted by molar-refractivity contribution is -0.304. The van der Waals surface area contributed by atoms with Crippen LogP contribution < -0.4 is 10.6 Å². The maximum Gasteiger partial charge on any atom is 0.407 e. The summed E-state index contributed by atoms with van der Waals surface area (Å²) in [4.78, 5) is 21.8. The highest BCUT2D eigenvalue weighted by Gasteiger charge is 2.23. The van der Waals surface area contributed by atoms with Gasteiger partial charge in [0.1, 0.15) is 19.9 Å². The van der Waals surface area contributed by atoms with Crippen LogP contribution in [0.2, 0.25) is 0 Å². The number of hydrogen-bond acceptors (Lipinski definition) is 9. The molecule has 0 rings (SSSR count). The molecule has 0 fully saturated rings. The maximum absolute atomic E-state index is 11.6. The fourth-order valence-electron chi connectivity index (χ4n) is 2.61. The minimum Gasteiger partial charge on any atom is -0.447 e. The van der Waals surface area contributed by atoms with Crippen molar-refractivity contribution in [1.29, 1.82) is 0 Å². The molecule has 0 aromatic heterocycles. The van der Waals surface area contributed by atoms with Gasteiger partial charge < -0.3 is 29.7 Å². The van der Waals surface area contributed by atoms with Crippen LogP contribution in [-0.2, 0) is 24.0 Å². The van der Waals surface area contributed by atoms with Gasteiger partial charge in [0.25, 0.3) is 0 Å². The topological polar surface area (TPSA) is 128 Å². The highest BCUT2D eigenvalue weighted by Crippen LogP contribution is 2.23. The molecule has 0 aromatic rings. The Kier molecular flexibility index (Phi) is 20.2. The number of unbranched alkanes of at least 4 members (excludes halogenated alkanes) is 1. The van der Waals surface area contributed by atoms with E-state index in [4.69, 9.17) is 34.2 Å². The largest absolute Gasteiger partial charge is 0.447 e. The highest BCUT2D eigenvalue weighted by atomic mass is 17.2. The molecule has 0 radical (unpaired) electrons. The van der Waals surface area contributed by atoms with Crippen LogP contribution >= 0.6 is 0 Å². The van der Waals surface area contributed by atoms with Crippen molar-refractivity contribution in [1.82, 2.24) is 10.6 Å². The van der Waals surface area contributed by atoms with Gasteiger partial charge in [-0.1, -0.05) is 27.2 Å². The molecule has 1 unspecified atom stereocenters. The lowest BCUT2D eigenvalue weighted by Gasteiger charge is -2.31. The van der Waals surface area contributed by atoms with E-state index >= 15 is 0 Å². The van der Waals surface area contributed by atoms with Gasteiger partial charge in [-0.3, -0.25) is 5.32 Å². The van der Waals surface area contributed by atoms with Crippen molar-refractivity contribution in [3.63, 3.8) is 0 Å². The summed E-state index contributed by atoms with van der Waals surface area (Å²) in [6, 6.07) is 0.236. The van der Waals surface area contributed by atoms with Crippen LogP contribution in [0.5, 0.6) is 0 Å². The number of rotatable bonds is 21. The number of ether oxygens (including phenoxy) is 3. The number of nitrogens with one attached hydrogen (secondary N) is 2. The molecule has 10 heteroatoms. The van der Waals surface area contributed by atoms with Crippen LogP contribution in [0.1, 0.15) is 52.9 Å². The molecule has 0 spiro atoms. The Hall–Kier alpha value is -1.01. The molecule has 186 valence electrons. The van der Waals surface area contributed by atoms with E-state index in [-0.39, 0.29) is 38.0 Å². The average Bonchev–Trinajstić information content (AvgIpc) is 2.72. The zero-order valence-electron chi connectivity index (χ0n) is 19.5. The number of amides is 1. The summed E-state index contributed by atoms with van der Waals surface area (Å²) in [5, 5.41) is 23.4. The van der Waals surface area contributed by atoms with E-state index in [1.165, 1.54) is 0 Å². The summed E-state index contributed by atoms with van der Waals surface area (Å²) in [5.74, 6) is 0. The van der Waals surface area contributed by atoms with E-state index in [1.807, 2.05) is 0 Å². The Morgan fingerprint density at radius 2 is 1.48 bits per heavy atom. The van der Waals surface area contributed by atoms with Crippen molar-refractivity contribution in [3.05, 3.63) is 0 Å². The molecule has 0 aromatic carbocycles. The summed E-state index contributed by atoms with van der Waals surface area (Å²) in [5.41, 5.74) is 0.0547. The second-order valence-electron chi connectivity index (χ2n) is 8.14. The minimum atomic E-state index is -0.442. The van der Waals surface area contributed by atoms with Gasteiger partial charge in [0.05, 0.1) is 13.2 Å². The predicted molar refractivity (Wildman–Crippen MR) is 117 cm³/mol. The van der Waals surface area contributed by atoms with Crippen molar-refractivity contribution in [3.8, 4) is 0 Å². The second kappa shape index (κ2) is 20.9. The fourth-order valence-corrected chi connectivity index (χ4v) is 2.61. The number of hydrogen-bond donors (Lipinski definition) is 4. The molecule has 0 aliphatic carbocycles. The van der Waals surface area contributed by atoms with Crippen molar-refractivity contribution in [2.24, 2.45) is 5.41 Å². The molecule has 0 saturated heterocycles. The smallest absolute Gasteiger partial charge is 0.407 e. The zero-order valence-corrected chi connectivity index (χ0v) is 19.5. The van der Waals surface area contributed by atoms with E-state index in [1.54, 1.807) is 0 Å². The Balaban J connectivity index is 3.73. The molecule has 1 atom stereocenters. The molecule has 31 heavy (non-hydrogen) atoms. The van der Waals surface area contributed by atoms with Crippen molar-refractivity contribution >= 4 is 6.09 Å². The second-order valence-corrected chi connectivity index (χ2v) is 8.14. The van der Waals surface area contributed by atoms with Gasteiger partial charge in [-0.05, 0) is 31.1 Å². The Morgan fingerprint density at radius 3 is 2.10 bits per heavy atom. The van der Waals surface area contributed by atoms with Crippen molar-refractivity contribution in [2.75, 3.05) is 66.1 Å². The minimum absolute atomic E-state index is 0.0547. The van der Waals surface area contributed by atoms with Gasteiger partial charge in [0, 0.05) is 39.0 Å². The van der Waals surface area contributed by atoms with Gasteiger partial charge in [0.15, 0.2) is 0 Å². The van der Waals surface area contributed by atoms with Gasteiger partial charge in [-0.2, -0.15) is 0 Å². The number of aliphatic hydroxyl groups is 2. The number of alkyl carbamates (subject to hydrolysis) is 1. The fraction of sp³-hybridized carbons (Fsp3) is 0.952. The first-order chi connectivity index (χ1) is 14.9. The zero-order chi connectivity index (χ0) is 23.2. The van der Waals surface area contributed by atoms with Gasteiger partial charge in [-0.25, -0.2) is 14.6 Å². The molecule has 4 N–H and O–H groups in total. The van der Waals surface area contributed by atoms with E-state index in [0.717, 1.165) is 19.3 Å². The maximum atomic E-state index is 11.6. The van der Waals surface area contributed by atoms with Gasteiger partial charge in [0.2, 0.25) is 0 Å². The third-order valence-electron chi connectivity index (χ3n) is 4.37. The standard InChI is InChI=1S/C21H44N2O8/c1-21(2,3)19(23-18-31-30-17-15-28-13-7-11-25)8-4-5-9-22-20(26)29-16-14-27-12-6-10-24/h19,23-25H,4-18H2,1-3H3,(H,22,26). The summed E-state index contributed by atoms with van der Waals surface area (Å²) < 4.78 is 15.5. The first-order valence-corrected chi connectivity index (χ1v) is 11.2. The van der Waals surface area contributed by atoms with E-state index < -0.39 is 6.09 Å². The summed E-state index contributed by atoms with van der Waals surface area (Å²) in [7, 11) is 0. The SMILES string of the molecule is CC(C)(C)C(CCCCNC(=O)OCCOCCCO)NCOOCCOCCCO. The van der Waals surface area contributed by atoms with Crippen LogP contribution in [0.4, 0.5) is 4.79 Å². The Morgan fingerprint density at radius 1 is 0.839 bits per heavy atom. The van der Waals surface area contributed by atoms with E-state index in [9.17, 15) is 4.79 Å². The summed E-state index contributed by atoms with van der Waals surface area (Å²) in [6.07, 6.45) is 3.48. The molecule has 0 aliphatic rings. The lowest BCUT2D eigenvalue weighted by atomic mass is 9.84. The Bertz CT molecular complexity index is 407. The van der Waals surface area contributed by atoms with E-state index in [0.29, 0.717) is 52.4 Å². The van der Waals surface area contributed by atoms with Crippen LogP contribution in [0.25, 0.3) is 0 Å². The van der Waals surface area contributed by atoms with Crippen LogP contribution in [-0.4, -0.2) is 88.5 Å². The van der Waals surface area contributed by atoms with Crippen molar-refractivity contribution < 1.29 is 39.0 Å². The third kappa shape index (κ3) is 20.6. The Labute approximate surface area is 186 Å². The molecular formula is C21H44N2O8. The normalized spacial score (nSPS) is 12.7. The highest BCUT2D eigenvalue weighted by molar-refractivity contribution is 5.66. The first-order valence-electron chi connectivity index (χ1n) is 11.2. The molecule has 0 bridgehead atoms. The lowest BCUT2D eigenvalue weighted by Crippen LogP contribution is -2.41. The molecule has 1 amide bonds. The molecule has 10 nitrogen and oxygen atoms in total. The van der Waals surface area contributed by atoms with Gasteiger partial charge >= 0.3 is 6.09 Å². The third-order valence-corrected chi connectivity index (χ3v) is 4.37. The average molecular weight is 453 g/mol. The monoisotopic (exact) mass is 452 g/mol. The molecular weight excluding hydrogens is 408 g/mol. The predicted octanol–water partition coefficient (Wildman–Crippen LogP) is 1.59. The van der Waals surface area contributed by atoms with Crippen LogP contribution in [0.3, 0.4) is 0 Å². The molecule has 0 saturated carbocycles. The number of carbonyl (C=O) groups excluding carboxylic acids is 1. The quantitative estimate of drug-likeness (QED) is 0.0888. The first kappa shape index (κ1) is 30.0. The summed E-state index contributed by atoms with van der Waals surface area (Å²) >= 11 is 0. The van der Waals surface area contributed by atoms with E-state index in [2.05, 4.69) is 31.4 Å². The summed E-state index contributed by atoms with van der Waals surface area (Å²) in [6.45, 7) is 9.81. The van der Waals surface area contributed by atoms with Crippen molar-refractivity contribution in [2.45, 2.75) is 58.9 Å².